The first-order chi connectivity index (χ1) is 12.3. The third-order valence-electron chi connectivity index (χ3n) is 4.40. The molecule has 7 heteroatoms. The Morgan fingerprint density at radius 2 is 1.81 bits per heavy atom. The Morgan fingerprint density at radius 1 is 1.08 bits per heavy atom. The monoisotopic (exact) mass is 365 g/mol. The molecule has 0 bridgehead atoms. The summed E-state index contributed by atoms with van der Waals surface area (Å²) in [5, 5.41) is 3.28. The fourth-order valence-electron chi connectivity index (χ4n) is 3.10. The van der Waals surface area contributed by atoms with Crippen molar-refractivity contribution in [3.8, 4) is 0 Å². The standard InChI is InChI=1S/C19H15N3O3S/c1-9-6-10(2)15-14(7-9)26-19(20-15)21-16(23)11-4-5-12-13(8-11)18(25)22(3)17(12)24/h4-8H,1-3H3,(H,20,21,23). The average Bonchev–Trinajstić information content (AvgIpc) is 3.09. The Kier molecular flexibility index (Phi) is 3.62. The molecule has 26 heavy (non-hydrogen) atoms. The number of thiazole rings is 1. The zero-order valence-corrected chi connectivity index (χ0v) is 15.2. The van der Waals surface area contributed by atoms with Crippen molar-refractivity contribution in [2.75, 3.05) is 12.4 Å². The lowest BCUT2D eigenvalue weighted by Crippen LogP contribution is -2.24. The summed E-state index contributed by atoms with van der Waals surface area (Å²) in [6, 6.07) is 8.59. The first-order valence-electron chi connectivity index (χ1n) is 8.00. The first-order valence-corrected chi connectivity index (χ1v) is 8.82. The topological polar surface area (TPSA) is 79.4 Å². The van der Waals surface area contributed by atoms with Crippen LogP contribution in [0.2, 0.25) is 0 Å². The molecule has 1 aliphatic rings. The lowest BCUT2D eigenvalue weighted by atomic mass is 10.1. The predicted octanol–water partition coefficient (Wildman–Crippen LogP) is 3.39. The molecule has 0 unspecified atom stereocenters. The molecule has 2 heterocycles. The number of benzene rings is 2. The summed E-state index contributed by atoms with van der Waals surface area (Å²) in [5.74, 6) is -1.12. The van der Waals surface area contributed by atoms with E-state index in [1.807, 2.05) is 26.0 Å². The van der Waals surface area contributed by atoms with Gasteiger partial charge < -0.3 is 0 Å². The van der Waals surface area contributed by atoms with Crippen LogP contribution in [0.4, 0.5) is 5.13 Å². The van der Waals surface area contributed by atoms with Crippen molar-refractivity contribution in [1.82, 2.24) is 9.88 Å². The number of fused-ring (bicyclic) bond motifs is 2. The maximum absolute atomic E-state index is 12.6. The van der Waals surface area contributed by atoms with Crippen LogP contribution < -0.4 is 5.32 Å². The fraction of sp³-hybridized carbons (Fsp3) is 0.158. The van der Waals surface area contributed by atoms with Crippen molar-refractivity contribution in [3.05, 3.63) is 58.1 Å². The second-order valence-electron chi connectivity index (χ2n) is 6.33. The number of imide groups is 1. The van der Waals surface area contributed by atoms with Crippen LogP contribution in [0.5, 0.6) is 0 Å². The van der Waals surface area contributed by atoms with E-state index in [-0.39, 0.29) is 17.4 Å². The molecule has 3 amide bonds. The molecule has 0 atom stereocenters. The number of carbonyl (C=O) groups is 3. The van der Waals surface area contributed by atoms with E-state index in [0.29, 0.717) is 16.3 Å². The van der Waals surface area contributed by atoms with Crippen molar-refractivity contribution in [1.29, 1.82) is 0 Å². The molecule has 4 rings (SSSR count). The number of aryl methyl sites for hydroxylation is 2. The number of nitrogens with one attached hydrogen (secondary N) is 1. The molecule has 0 aliphatic carbocycles. The average molecular weight is 365 g/mol. The van der Waals surface area contributed by atoms with Gasteiger partial charge in [-0.1, -0.05) is 17.4 Å². The Balaban J connectivity index is 1.65. The summed E-state index contributed by atoms with van der Waals surface area (Å²) < 4.78 is 1.01. The molecular formula is C19H15N3O3S. The number of hydrogen-bond acceptors (Lipinski definition) is 5. The van der Waals surface area contributed by atoms with Crippen LogP contribution in [0.25, 0.3) is 10.2 Å². The highest BCUT2D eigenvalue weighted by Gasteiger charge is 2.33. The molecule has 0 radical (unpaired) electrons. The van der Waals surface area contributed by atoms with Crippen molar-refractivity contribution in [3.63, 3.8) is 0 Å². The highest BCUT2D eigenvalue weighted by atomic mass is 32.1. The first kappa shape index (κ1) is 16.4. The Bertz CT molecular complexity index is 1120. The van der Waals surface area contributed by atoms with Crippen molar-refractivity contribution < 1.29 is 14.4 Å². The van der Waals surface area contributed by atoms with E-state index >= 15 is 0 Å². The molecule has 0 spiro atoms. The van der Waals surface area contributed by atoms with Gasteiger partial charge in [0.1, 0.15) is 0 Å². The van der Waals surface area contributed by atoms with Gasteiger partial charge in [0.2, 0.25) is 0 Å². The van der Waals surface area contributed by atoms with E-state index in [4.69, 9.17) is 0 Å². The quantitative estimate of drug-likeness (QED) is 0.706. The molecule has 1 aromatic heterocycles. The Labute approximate surface area is 153 Å². The largest absolute Gasteiger partial charge is 0.298 e. The van der Waals surface area contributed by atoms with Crippen LogP contribution in [0.3, 0.4) is 0 Å². The Morgan fingerprint density at radius 3 is 2.58 bits per heavy atom. The normalized spacial score (nSPS) is 13.4. The second-order valence-corrected chi connectivity index (χ2v) is 7.36. The number of aromatic nitrogens is 1. The highest BCUT2D eigenvalue weighted by Crippen LogP contribution is 2.30. The second kappa shape index (κ2) is 5.74. The maximum atomic E-state index is 12.6. The van der Waals surface area contributed by atoms with E-state index in [0.717, 1.165) is 26.2 Å². The van der Waals surface area contributed by atoms with Crippen molar-refractivity contribution in [2.24, 2.45) is 0 Å². The van der Waals surface area contributed by atoms with Gasteiger partial charge in [-0.15, -0.1) is 0 Å². The minimum absolute atomic E-state index is 0.251. The zero-order chi connectivity index (χ0) is 18.6. The molecule has 0 saturated carbocycles. The van der Waals surface area contributed by atoms with Crippen molar-refractivity contribution >= 4 is 44.4 Å². The summed E-state index contributed by atoms with van der Waals surface area (Å²) >= 11 is 1.40. The molecule has 2 aromatic carbocycles. The minimum atomic E-state index is -0.397. The summed E-state index contributed by atoms with van der Waals surface area (Å²) in [5.41, 5.74) is 3.95. The van der Waals surface area contributed by atoms with Crippen LogP contribution in [-0.4, -0.2) is 34.7 Å². The molecule has 6 nitrogen and oxygen atoms in total. The number of amides is 3. The van der Waals surface area contributed by atoms with E-state index in [9.17, 15) is 14.4 Å². The van der Waals surface area contributed by atoms with Crippen LogP contribution in [0.15, 0.2) is 30.3 Å². The molecular weight excluding hydrogens is 350 g/mol. The van der Waals surface area contributed by atoms with E-state index in [1.165, 1.54) is 30.5 Å². The number of hydrogen-bond donors (Lipinski definition) is 1. The third kappa shape index (κ3) is 2.48. The minimum Gasteiger partial charge on any atom is -0.298 e. The molecule has 130 valence electrons. The van der Waals surface area contributed by atoms with Crippen LogP contribution in [-0.2, 0) is 0 Å². The number of anilines is 1. The van der Waals surface area contributed by atoms with Gasteiger partial charge in [0, 0.05) is 12.6 Å². The van der Waals surface area contributed by atoms with Gasteiger partial charge in [-0.25, -0.2) is 4.98 Å². The molecule has 3 aromatic rings. The van der Waals surface area contributed by atoms with E-state index in [1.54, 1.807) is 6.07 Å². The summed E-state index contributed by atoms with van der Waals surface area (Å²) in [7, 11) is 1.43. The molecule has 0 saturated heterocycles. The third-order valence-corrected chi connectivity index (χ3v) is 5.32. The summed E-state index contributed by atoms with van der Waals surface area (Å²) in [6.07, 6.45) is 0. The SMILES string of the molecule is Cc1cc(C)c2nc(NC(=O)c3ccc4c(c3)C(=O)N(C)C4=O)sc2c1. The molecule has 0 fully saturated rings. The van der Waals surface area contributed by atoms with E-state index < -0.39 is 5.91 Å². The zero-order valence-electron chi connectivity index (χ0n) is 14.4. The van der Waals surface area contributed by atoms with Gasteiger partial charge in [-0.2, -0.15) is 0 Å². The fourth-order valence-corrected chi connectivity index (χ4v) is 4.13. The van der Waals surface area contributed by atoms with E-state index in [2.05, 4.69) is 10.3 Å². The van der Waals surface area contributed by atoms with Crippen LogP contribution >= 0.6 is 11.3 Å². The van der Waals surface area contributed by atoms with Gasteiger partial charge in [0.05, 0.1) is 21.3 Å². The summed E-state index contributed by atoms with van der Waals surface area (Å²) in [6.45, 7) is 4.00. The van der Waals surface area contributed by atoms with Crippen LogP contribution in [0.1, 0.15) is 42.2 Å². The van der Waals surface area contributed by atoms with Gasteiger partial charge in [0.25, 0.3) is 17.7 Å². The lowest BCUT2D eigenvalue weighted by Gasteiger charge is -2.03. The smallest absolute Gasteiger partial charge is 0.261 e. The number of rotatable bonds is 2. The van der Waals surface area contributed by atoms with Crippen molar-refractivity contribution in [2.45, 2.75) is 13.8 Å². The number of nitrogens with zero attached hydrogens (tertiary/aromatic N) is 2. The van der Waals surface area contributed by atoms with Gasteiger partial charge in [-0.05, 0) is 49.2 Å². The molecule has 1 aliphatic heterocycles. The summed E-state index contributed by atoms with van der Waals surface area (Å²) in [4.78, 5) is 42.1. The van der Waals surface area contributed by atoms with Gasteiger partial charge in [0.15, 0.2) is 5.13 Å². The number of carbonyl (C=O) groups excluding carboxylic acids is 3. The van der Waals surface area contributed by atoms with Crippen LogP contribution in [0, 0.1) is 13.8 Å². The highest BCUT2D eigenvalue weighted by molar-refractivity contribution is 7.22. The molecule has 1 N–H and O–H groups in total. The Hall–Kier alpha value is -3.06. The maximum Gasteiger partial charge on any atom is 0.261 e. The lowest BCUT2D eigenvalue weighted by molar-refractivity contribution is 0.0693. The van der Waals surface area contributed by atoms with Gasteiger partial charge >= 0.3 is 0 Å². The predicted molar refractivity (Wildman–Crippen MR) is 99.9 cm³/mol. The van der Waals surface area contributed by atoms with Gasteiger partial charge in [-0.3, -0.25) is 24.6 Å².